The largest absolute Gasteiger partial charge is 0.494 e. The first kappa shape index (κ1) is 25.2. The van der Waals surface area contributed by atoms with Crippen molar-refractivity contribution in [3.63, 3.8) is 0 Å². The molecule has 0 heterocycles. The topological polar surface area (TPSA) is 80.6 Å². The van der Waals surface area contributed by atoms with E-state index in [1.165, 1.54) is 13.2 Å². The summed E-state index contributed by atoms with van der Waals surface area (Å²) in [6, 6.07) is 19.7. The van der Waals surface area contributed by atoms with Crippen LogP contribution in [0.2, 0.25) is 5.02 Å². The molecular formula is C26H22BrClN2O4. The first-order valence-corrected chi connectivity index (χ1v) is 11.5. The van der Waals surface area contributed by atoms with E-state index >= 15 is 0 Å². The number of methoxy groups -OCH3 is 1. The minimum Gasteiger partial charge on any atom is -0.494 e. The van der Waals surface area contributed by atoms with E-state index in [0.29, 0.717) is 44.6 Å². The highest BCUT2D eigenvalue weighted by Gasteiger charge is 2.15. The molecule has 0 saturated heterocycles. The Kier molecular flexibility index (Phi) is 8.97. The van der Waals surface area contributed by atoms with Gasteiger partial charge in [-0.25, -0.2) is 0 Å². The Morgan fingerprint density at radius 2 is 1.88 bits per heavy atom. The van der Waals surface area contributed by atoms with E-state index in [2.05, 4.69) is 21.2 Å². The van der Waals surface area contributed by atoms with E-state index in [-0.39, 0.29) is 12.2 Å². The van der Waals surface area contributed by atoms with Gasteiger partial charge < -0.3 is 19.5 Å². The fourth-order valence-electron chi connectivity index (χ4n) is 3.04. The maximum absolute atomic E-state index is 12.6. The van der Waals surface area contributed by atoms with Crippen LogP contribution in [0.25, 0.3) is 6.08 Å². The number of amides is 1. The zero-order valence-corrected chi connectivity index (χ0v) is 20.9. The number of hydrogen-bond acceptors (Lipinski definition) is 5. The molecule has 0 bridgehead atoms. The summed E-state index contributed by atoms with van der Waals surface area (Å²) < 4.78 is 17.4. The number of carbonyl (C=O) groups is 1. The predicted molar refractivity (Wildman–Crippen MR) is 136 cm³/mol. The molecule has 0 aromatic heterocycles. The molecule has 174 valence electrons. The number of hydrogen-bond donors (Lipinski definition) is 1. The van der Waals surface area contributed by atoms with Gasteiger partial charge in [-0.3, -0.25) is 4.79 Å². The number of nitrogens with zero attached hydrogens (tertiary/aromatic N) is 1. The number of halogens is 2. The fourth-order valence-corrected chi connectivity index (χ4v) is 3.81. The molecule has 1 N–H and O–H groups in total. The van der Waals surface area contributed by atoms with Gasteiger partial charge in [0.05, 0.1) is 18.2 Å². The number of nitriles is 1. The molecule has 0 aliphatic carbocycles. The molecule has 0 aliphatic rings. The normalized spacial score (nSPS) is 10.9. The van der Waals surface area contributed by atoms with Crippen LogP contribution in [-0.4, -0.2) is 19.6 Å². The van der Waals surface area contributed by atoms with Gasteiger partial charge in [0.2, 0.25) is 0 Å². The molecule has 0 aliphatic heterocycles. The molecule has 0 spiro atoms. The Labute approximate surface area is 211 Å². The third kappa shape index (κ3) is 6.53. The predicted octanol–water partition coefficient (Wildman–Crippen LogP) is 6.63. The maximum Gasteiger partial charge on any atom is 0.266 e. The molecular weight excluding hydrogens is 520 g/mol. The Bertz CT molecular complexity index is 1240. The van der Waals surface area contributed by atoms with Gasteiger partial charge in [-0.15, -0.1) is 0 Å². The van der Waals surface area contributed by atoms with Crippen molar-refractivity contribution >= 4 is 45.2 Å². The van der Waals surface area contributed by atoms with Gasteiger partial charge in [0.1, 0.15) is 24.0 Å². The summed E-state index contributed by atoms with van der Waals surface area (Å²) in [6.45, 7) is 2.69. The summed E-state index contributed by atoms with van der Waals surface area (Å²) in [4.78, 5) is 12.6. The van der Waals surface area contributed by atoms with Gasteiger partial charge in [-0.2, -0.15) is 5.26 Å². The zero-order chi connectivity index (χ0) is 24.5. The summed E-state index contributed by atoms with van der Waals surface area (Å²) in [5.74, 6) is 1.10. The first-order valence-electron chi connectivity index (χ1n) is 10.3. The van der Waals surface area contributed by atoms with E-state index in [4.69, 9.17) is 25.8 Å². The fraction of sp³-hybridized carbons (Fsp3) is 0.154. The Hall–Kier alpha value is -3.47. The van der Waals surface area contributed by atoms with Crippen molar-refractivity contribution in [1.29, 1.82) is 5.26 Å². The molecule has 0 radical (unpaired) electrons. The van der Waals surface area contributed by atoms with Crippen molar-refractivity contribution in [2.24, 2.45) is 0 Å². The second kappa shape index (κ2) is 12.1. The minimum atomic E-state index is -0.527. The van der Waals surface area contributed by atoms with Gasteiger partial charge in [0.25, 0.3) is 5.91 Å². The highest BCUT2D eigenvalue weighted by Crippen LogP contribution is 2.38. The van der Waals surface area contributed by atoms with Crippen LogP contribution in [0.3, 0.4) is 0 Å². The summed E-state index contributed by atoms with van der Waals surface area (Å²) in [5, 5.41) is 12.9. The SMILES string of the molecule is CCOc1ccc(NC(=O)/C(C#N)=C\c2cc(Br)c(OCc3ccccc3Cl)c(OC)c2)cc1. The van der Waals surface area contributed by atoms with Crippen LogP contribution in [-0.2, 0) is 11.4 Å². The summed E-state index contributed by atoms with van der Waals surface area (Å²) in [7, 11) is 1.52. The molecule has 8 heteroatoms. The smallest absolute Gasteiger partial charge is 0.266 e. The summed E-state index contributed by atoms with van der Waals surface area (Å²) in [5.41, 5.74) is 1.91. The van der Waals surface area contributed by atoms with Crippen LogP contribution in [0, 0.1) is 11.3 Å². The van der Waals surface area contributed by atoms with Crippen LogP contribution in [0.15, 0.2) is 70.7 Å². The number of ether oxygens (including phenoxy) is 3. The van der Waals surface area contributed by atoms with Crippen LogP contribution in [0.4, 0.5) is 5.69 Å². The monoisotopic (exact) mass is 540 g/mol. The van der Waals surface area contributed by atoms with Gasteiger partial charge >= 0.3 is 0 Å². The molecule has 0 fully saturated rings. The van der Waals surface area contributed by atoms with E-state index in [1.807, 2.05) is 31.2 Å². The average Bonchev–Trinajstić information content (AvgIpc) is 2.83. The lowest BCUT2D eigenvalue weighted by Gasteiger charge is -2.14. The zero-order valence-electron chi connectivity index (χ0n) is 18.6. The molecule has 0 saturated carbocycles. The van der Waals surface area contributed by atoms with Crippen LogP contribution in [0.1, 0.15) is 18.1 Å². The third-order valence-corrected chi connectivity index (χ3v) is 5.64. The third-order valence-electron chi connectivity index (χ3n) is 4.68. The Balaban J connectivity index is 1.78. The van der Waals surface area contributed by atoms with E-state index in [0.717, 1.165) is 5.56 Å². The van der Waals surface area contributed by atoms with E-state index in [9.17, 15) is 10.1 Å². The van der Waals surface area contributed by atoms with Crippen molar-refractivity contribution in [1.82, 2.24) is 0 Å². The molecule has 3 aromatic rings. The highest BCUT2D eigenvalue weighted by molar-refractivity contribution is 9.10. The molecule has 0 atom stereocenters. The maximum atomic E-state index is 12.6. The van der Waals surface area contributed by atoms with Crippen molar-refractivity contribution in [2.75, 3.05) is 19.0 Å². The minimum absolute atomic E-state index is 0.0624. The molecule has 3 aromatic carbocycles. The van der Waals surface area contributed by atoms with Crippen LogP contribution < -0.4 is 19.5 Å². The van der Waals surface area contributed by atoms with Gasteiger partial charge in [0.15, 0.2) is 11.5 Å². The van der Waals surface area contributed by atoms with Crippen molar-refractivity contribution in [3.05, 3.63) is 86.9 Å². The number of carbonyl (C=O) groups excluding carboxylic acids is 1. The number of benzene rings is 3. The number of rotatable bonds is 9. The van der Waals surface area contributed by atoms with Gasteiger partial charge in [0, 0.05) is 16.3 Å². The number of anilines is 1. The Morgan fingerprint density at radius 1 is 1.15 bits per heavy atom. The van der Waals surface area contributed by atoms with Crippen LogP contribution >= 0.6 is 27.5 Å². The van der Waals surface area contributed by atoms with E-state index in [1.54, 1.807) is 42.5 Å². The highest BCUT2D eigenvalue weighted by atomic mass is 79.9. The van der Waals surface area contributed by atoms with Gasteiger partial charge in [-0.1, -0.05) is 29.8 Å². The molecule has 6 nitrogen and oxygen atoms in total. The van der Waals surface area contributed by atoms with Gasteiger partial charge in [-0.05, 0) is 77.0 Å². The van der Waals surface area contributed by atoms with Crippen molar-refractivity contribution in [2.45, 2.75) is 13.5 Å². The molecule has 3 rings (SSSR count). The molecule has 0 unspecified atom stereocenters. The number of nitrogens with one attached hydrogen (secondary N) is 1. The summed E-state index contributed by atoms with van der Waals surface area (Å²) >= 11 is 9.70. The molecule has 1 amide bonds. The molecule has 34 heavy (non-hydrogen) atoms. The lowest BCUT2D eigenvalue weighted by atomic mass is 10.1. The quantitative estimate of drug-likeness (QED) is 0.243. The average molecular weight is 542 g/mol. The second-order valence-corrected chi connectivity index (χ2v) is 8.26. The van der Waals surface area contributed by atoms with E-state index < -0.39 is 5.91 Å². The first-order chi connectivity index (χ1) is 16.4. The van der Waals surface area contributed by atoms with Crippen molar-refractivity contribution in [3.8, 4) is 23.3 Å². The van der Waals surface area contributed by atoms with Crippen LogP contribution in [0.5, 0.6) is 17.2 Å². The Morgan fingerprint density at radius 3 is 2.53 bits per heavy atom. The standard InChI is InChI=1S/C26H22BrClN2O4/c1-3-33-21-10-8-20(9-11-21)30-26(31)19(15-29)12-17-13-22(27)25(24(14-17)32-2)34-16-18-6-4-5-7-23(18)28/h4-14H,3,16H2,1-2H3,(H,30,31)/b19-12-. The lowest BCUT2D eigenvalue weighted by molar-refractivity contribution is -0.112. The lowest BCUT2D eigenvalue weighted by Crippen LogP contribution is -2.13. The summed E-state index contributed by atoms with van der Waals surface area (Å²) in [6.07, 6.45) is 1.48. The second-order valence-electron chi connectivity index (χ2n) is 7.00. The van der Waals surface area contributed by atoms with Crippen molar-refractivity contribution < 1.29 is 19.0 Å².